The van der Waals surface area contributed by atoms with Gasteiger partial charge in [0.2, 0.25) is 0 Å². The fourth-order valence-corrected chi connectivity index (χ4v) is 7.56. The van der Waals surface area contributed by atoms with Crippen LogP contribution < -0.4 is 0 Å². The van der Waals surface area contributed by atoms with Gasteiger partial charge in [0.15, 0.2) is 6.10 Å². The van der Waals surface area contributed by atoms with Gasteiger partial charge in [-0.25, -0.2) is 0 Å². The molecule has 0 saturated heterocycles. The van der Waals surface area contributed by atoms with Gasteiger partial charge in [0, 0.05) is 19.3 Å². The lowest BCUT2D eigenvalue weighted by Crippen LogP contribution is -2.30. The third-order valence-electron chi connectivity index (χ3n) is 11.4. The van der Waals surface area contributed by atoms with Crippen molar-refractivity contribution in [2.24, 2.45) is 0 Å². The Morgan fingerprint density at radius 2 is 0.482 bits per heavy atom. The number of rotatable bonds is 46. The van der Waals surface area contributed by atoms with Crippen molar-refractivity contribution in [2.75, 3.05) is 13.2 Å². The average Bonchev–Trinajstić information content (AvgIpc) is 3.19. The third kappa shape index (κ3) is 43.5. The van der Waals surface area contributed by atoms with Crippen LogP contribution in [0.15, 0.2) is 0 Å². The van der Waals surface area contributed by atoms with Crippen LogP contribution in [0.25, 0.3) is 0 Å². The summed E-state index contributed by atoms with van der Waals surface area (Å²) in [6.45, 7) is 6.67. The molecule has 0 saturated carbocycles. The zero-order valence-electron chi connectivity index (χ0n) is 37.9. The first-order chi connectivity index (χ1) is 27.5. The van der Waals surface area contributed by atoms with Gasteiger partial charge in [-0.05, 0) is 19.3 Å². The maximum absolute atomic E-state index is 12.7. The highest BCUT2D eigenvalue weighted by Gasteiger charge is 2.19. The molecule has 0 aromatic carbocycles. The van der Waals surface area contributed by atoms with Crippen LogP contribution in [-0.2, 0) is 28.6 Å². The molecular weight excluding hydrogens is 697 g/mol. The smallest absolute Gasteiger partial charge is 0.306 e. The summed E-state index contributed by atoms with van der Waals surface area (Å²) in [5.74, 6) is -0.844. The van der Waals surface area contributed by atoms with Crippen molar-refractivity contribution >= 4 is 17.9 Å². The molecule has 0 aromatic rings. The molecule has 0 aliphatic carbocycles. The summed E-state index contributed by atoms with van der Waals surface area (Å²) in [5.41, 5.74) is 0. The normalized spacial score (nSPS) is 11.8. The summed E-state index contributed by atoms with van der Waals surface area (Å²) in [5, 5.41) is 0. The molecule has 56 heavy (non-hydrogen) atoms. The molecule has 0 amide bonds. The summed E-state index contributed by atoms with van der Waals surface area (Å²) in [7, 11) is 0. The second-order valence-corrected chi connectivity index (χ2v) is 17.1. The molecule has 0 aromatic heterocycles. The van der Waals surface area contributed by atoms with Crippen LogP contribution >= 0.6 is 0 Å². The van der Waals surface area contributed by atoms with Gasteiger partial charge in [0.05, 0.1) is 0 Å². The number of esters is 3. The van der Waals surface area contributed by atoms with Gasteiger partial charge >= 0.3 is 17.9 Å². The van der Waals surface area contributed by atoms with Gasteiger partial charge in [0.1, 0.15) is 13.2 Å². The number of carbonyl (C=O) groups is 3. The molecule has 6 heteroatoms. The number of ether oxygens (including phenoxy) is 3. The summed E-state index contributed by atoms with van der Waals surface area (Å²) < 4.78 is 16.8. The minimum Gasteiger partial charge on any atom is -0.462 e. The standard InChI is InChI=1S/C50H96O6/c1-4-7-10-13-16-19-22-25-28-31-34-37-40-43-49(52)55-46-47(45-54-48(51)42-39-36-33-30-27-24-21-18-15-12-9-6-3)56-50(53)44-41-38-35-32-29-26-23-20-17-14-11-8-5-2/h47H,4-46H2,1-3H3/t47-/m1/s1. The first-order valence-electron chi connectivity index (χ1n) is 25.0. The van der Waals surface area contributed by atoms with Crippen molar-refractivity contribution in [3.63, 3.8) is 0 Å². The second kappa shape index (κ2) is 46.1. The van der Waals surface area contributed by atoms with Crippen LogP contribution in [-0.4, -0.2) is 37.2 Å². The predicted molar refractivity (Wildman–Crippen MR) is 238 cm³/mol. The fourth-order valence-electron chi connectivity index (χ4n) is 7.56. The van der Waals surface area contributed by atoms with Gasteiger partial charge in [-0.15, -0.1) is 0 Å². The monoisotopic (exact) mass is 793 g/mol. The van der Waals surface area contributed by atoms with Crippen molar-refractivity contribution in [3.05, 3.63) is 0 Å². The van der Waals surface area contributed by atoms with Gasteiger partial charge in [-0.3, -0.25) is 14.4 Å². The molecular formula is C50H96O6. The Labute approximate surface area is 348 Å². The van der Waals surface area contributed by atoms with Crippen LogP contribution in [0.3, 0.4) is 0 Å². The van der Waals surface area contributed by atoms with Crippen molar-refractivity contribution in [3.8, 4) is 0 Å². The zero-order chi connectivity index (χ0) is 40.8. The number of unbranched alkanes of at least 4 members (excludes halogenated alkanes) is 35. The first-order valence-corrected chi connectivity index (χ1v) is 25.0. The van der Waals surface area contributed by atoms with E-state index in [9.17, 15) is 14.4 Å². The second-order valence-electron chi connectivity index (χ2n) is 17.1. The van der Waals surface area contributed by atoms with Gasteiger partial charge in [0.25, 0.3) is 0 Å². The minimum absolute atomic E-state index is 0.0620. The number of hydrogen-bond donors (Lipinski definition) is 0. The van der Waals surface area contributed by atoms with E-state index in [-0.39, 0.29) is 31.1 Å². The Hall–Kier alpha value is -1.59. The summed E-state index contributed by atoms with van der Waals surface area (Å²) in [4.78, 5) is 37.8. The van der Waals surface area contributed by atoms with E-state index < -0.39 is 6.10 Å². The molecule has 0 bridgehead atoms. The molecule has 0 rings (SSSR count). The molecule has 0 heterocycles. The molecule has 0 aliphatic heterocycles. The first kappa shape index (κ1) is 54.4. The van der Waals surface area contributed by atoms with E-state index in [0.717, 1.165) is 57.8 Å². The highest BCUT2D eigenvalue weighted by atomic mass is 16.6. The van der Waals surface area contributed by atoms with Crippen LogP contribution in [0, 0.1) is 0 Å². The Kier molecular flexibility index (Phi) is 44.8. The van der Waals surface area contributed by atoms with Crippen LogP contribution in [0.2, 0.25) is 0 Å². The molecule has 0 unspecified atom stereocenters. The van der Waals surface area contributed by atoms with Crippen molar-refractivity contribution < 1.29 is 28.6 Å². The molecule has 0 spiro atoms. The SMILES string of the molecule is CCCCCCCCCCCCCCCC(=O)OC[C@@H](COC(=O)CCCCCCCCCCCCCC)OC(=O)CCCCCCCCCCCCCCC. The lowest BCUT2D eigenvalue weighted by atomic mass is 10.0. The molecule has 0 radical (unpaired) electrons. The van der Waals surface area contributed by atoms with E-state index in [1.807, 2.05) is 0 Å². The molecule has 0 fully saturated rings. The molecule has 1 atom stereocenters. The molecule has 0 N–H and O–H groups in total. The van der Waals surface area contributed by atoms with Crippen LogP contribution in [0.1, 0.15) is 284 Å². The summed E-state index contributed by atoms with van der Waals surface area (Å²) in [6.07, 6.45) is 47.9. The van der Waals surface area contributed by atoms with E-state index in [0.29, 0.717) is 19.3 Å². The van der Waals surface area contributed by atoms with Crippen molar-refractivity contribution in [1.82, 2.24) is 0 Å². The van der Waals surface area contributed by atoms with Gasteiger partial charge in [-0.2, -0.15) is 0 Å². The highest BCUT2D eigenvalue weighted by molar-refractivity contribution is 5.71. The van der Waals surface area contributed by atoms with Crippen molar-refractivity contribution in [1.29, 1.82) is 0 Å². The Morgan fingerprint density at radius 1 is 0.286 bits per heavy atom. The van der Waals surface area contributed by atoms with E-state index in [1.54, 1.807) is 0 Å². The minimum atomic E-state index is -0.758. The third-order valence-corrected chi connectivity index (χ3v) is 11.4. The number of hydrogen-bond acceptors (Lipinski definition) is 6. The highest BCUT2D eigenvalue weighted by Crippen LogP contribution is 2.16. The lowest BCUT2D eigenvalue weighted by molar-refractivity contribution is -0.167. The maximum atomic E-state index is 12.7. The predicted octanol–water partition coefficient (Wildman–Crippen LogP) is 16.0. The maximum Gasteiger partial charge on any atom is 0.306 e. The van der Waals surface area contributed by atoms with Crippen molar-refractivity contribution in [2.45, 2.75) is 290 Å². The fraction of sp³-hybridized carbons (Fsp3) is 0.940. The largest absolute Gasteiger partial charge is 0.462 e. The van der Waals surface area contributed by atoms with Crippen LogP contribution in [0.4, 0.5) is 0 Å². The quantitative estimate of drug-likeness (QED) is 0.0347. The molecule has 332 valence electrons. The summed E-state index contributed by atoms with van der Waals surface area (Å²) in [6, 6.07) is 0. The van der Waals surface area contributed by atoms with E-state index in [2.05, 4.69) is 20.8 Å². The van der Waals surface area contributed by atoms with E-state index in [4.69, 9.17) is 14.2 Å². The van der Waals surface area contributed by atoms with E-state index >= 15 is 0 Å². The summed E-state index contributed by atoms with van der Waals surface area (Å²) >= 11 is 0. The zero-order valence-corrected chi connectivity index (χ0v) is 37.9. The lowest BCUT2D eigenvalue weighted by Gasteiger charge is -2.18. The van der Waals surface area contributed by atoms with Gasteiger partial charge in [-0.1, -0.05) is 245 Å². The Balaban J connectivity index is 4.31. The number of carbonyl (C=O) groups excluding carboxylic acids is 3. The Bertz CT molecular complexity index is 828. The molecule has 6 nitrogen and oxygen atoms in total. The van der Waals surface area contributed by atoms with Gasteiger partial charge < -0.3 is 14.2 Å². The average molecular weight is 793 g/mol. The topological polar surface area (TPSA) is 78.9 Å². The Morgan fingerprint density at radius 3 is 0.714 bits per heavy atom. The van der Waals surface area contributed by atoms with E-state index in [1.165, 1.54) is 186 Å². The van der Waals surface area contributed by atoms with Crippen LogP contribution in [0.5, 0.6) is 0 Å². The molecule has 0 aliphatic rings.